The number of nitrogens with zero attached hydrogens (tertiary/aromatic N) is 1. The third-order valence-electron chi connectivity index (χ3n) is 1.55. The highest BCUT2D eigenvalue weighted by atomic mass is 16.1. The van der Waals surface area contributed by atoms with Gasteiger partial charge < -0.3 is 5.73 Å². The minimum absolute atomic E-state index is 0.203. The van der Waals surface area contributed by atoms with Crippen LogP contribution in [0.1, 0.15) is 17.5 Å². The highest BCUT2D eigenvalue weighted by Crippen LogP contribution is 2.07. The lowest BCUT2D eigenvalue weighted by atomic mass is 10.1. The van der Waals surface area contributed by atoms with E-state index in [1.54, 1.807) is 24.6 Å². The molecule has 0 spiro atoms. The van der Waals surface area contributed by atoms with Crippen molar-refractivity contribution in [3.05, 3.63) is 41.8 Å². The van der Waals surface area contributed by atoms with Crippen molar-refractivity contribution in [3.63, 3.8) is 0 Å². The molecule has 0 heterocycles. The highest BCUT2D eigenvalue weighted by Gasteiger charge is 1.98. The molecule has 3 heteroatoms. The first kappa shape index (κ1) is 9.27. The minimum Gasteiger partial charge on any atom is -0.370 e. The Kier molecular flexibility index (Phi) is 3.04. The maximum atomic E-state index is 10.5. The van der Waals surface area contributed by atoms with Crippen LogP contribution in [0.15, 0.2) is 24.3 Å². The molecule has 0 aliphatic heterocycles. The van der Waals surface area contributed by atoms with Crippen LogP contribution in [0.2, 0.25) is 0 Å². The van der Waals surface area contributed by atoms with Gasteiger partial charge in [-0.15, -0.1) is 0 Å². The Morgan fingerprint density at radius 3 is 3.00 bits per heavy atom. The second-order valence-corrected chi connectivity index (χ2v) is 2.61. The zero-order valence-corrected chi connectivity index (χ0v) is 7.03. The molecule has 0 saturated carbocycles. The van der Waals surface area contributed by atoms with Crippen LogP contribution >= 0.6 is 0 Å². The van der Waals surface area contributed by atoms with Crippen molar-refractivity contribution in [1.82, 2.24) is 0 Å². The number of hydrogen-bond acceptors (Lipinski definition) is 2. The van der Waals surface area contributed by atoms with Gasteiger partial charge in [0.1, 0.15) is 0 Å². The second-order valence-electron chi connectivity index (χ2n) is 2.61. The van der Waals surface area contributed by atoms with Gasteiger partial charge in [0.05, 0.1) is 11.6 Å². The molecule has 0 aliphatic rings. The zero-order valence-electron chi connectivity index (χ0n) is 7.03. The average molecular weight is 173 g/mol. The Balaban J connectivity index is 2.68. The summed E-state index contributed by atoms with van der Waals surface area (Å²) in [6.45, 7) is 0. The van der Waals surface area contributed by atoms with Crippen LogP contribution in [0.5, 0.6) is 0 Å². The smallest absolute Gasteiger partial charge is 0.218 e. The maximum absolute atomic E-state index is 10.5. The molecule has 1 rings (SSSR count). The fourth-order valence-electron chi connectivity index (χ4n) is 0.954. The van der Waals surface area contributed by atoms with Crippen molar-refractivity contribution >= 4 is 5.91 Å². The van der Waals surface area contributed by atoms with Crippen molar-refractivity contribution in [3.8, 4) is 6.07 Å². The van der Waals surface area contributed by atoms with E-state index in [0.717, 1.165) is 5.56 Å². The molecule has 1 radical (unpaired) electrons. The van der Waals surface area contributed by atoms with E-state index in [0.29, 0.717) is 5.56 Å². The van der Waals surface area contributed by atoms with Crippen molar-refractivity contribution in [2.24, 2.45) is 5.73 Å². The molecule has 0 fully saturated rings. The predicted molar refractivity (Wildman–Crippen MR) is 48.4 cm³/mol. The molecule has 0 aliphatic carbocycles. The molecule has 3 nitrogen and oxygen atoms in total. The Labute approximate surface area is 76.8 Å². The van der Waals surface area contributed by atoms with Gasteiger partial charge >= 0.3 is 0 Å². The molecule has 13 heavy (non-hydrogen) atoms. The van der Waals surface area contributed by atoms with Gasteiger partial charge in [-0.2, -0.15) is 5.26 Å². The summed E-state index contributed by atoms with van der Waals surface area (Å²) in [4.78, 5) is 10.5. The van der Waals surface area contributed by atoms with Crippen LogP contribution in [0.25, 0.3) is 0 Å². The van der Waals surface area contributed by atoms with E-state index in [9.17, 15) is 4.79 Å². The third-order valence-corrected chi connectivity index (χ3v) is 1.55. The predicted octanol–water partition coefficient (Wildman–Crippen LogP) is 0.986. The van der Waals surface area contributed by atoms with Crippen molar-refractivity contribution in [2.75, 3.05) is 0 Å². The highest BCUT2D eigenvalue weighted by molar-refractivity contribution is 5.75. The Morgan fingerprint density at radius 1 is 1.62 bits per heavy atom. The average Bonchev–Trinajstić information content (AvgIpc) is 2.15. The number of rotatable bonds is 3. The monoisotopic (exact) mass is 173 g/mol. The number of carbonyl (C=O) groups is 1. The number of nitrogens with two attached hydrogens (primary N) is 1. The fraction of sp³-hybridized carbons (Fsp3) is 0.100. The molecule has 1 aromatic carbocycles. The molecule has 1 amide bonds. The summed E-state index contributed by atoms with van der Waals surface area (Å²) in [5.41, 5.74) is 6.40. The van der Waals surface area contributed by atoms with Crippen LogP contribution in [-0.4, -0.2) is 5.91 Å². The molecule has 65 valence electrons. The van der Waals surface area contributed by atoms with Crippen LogP contribution in [0.4, 0.5) is 0 Å². The van der Waals surface area contributed by atoms with Gasteiger partial charge in [0.2, 0.25) is 5.91 Å². The third kappa shape index (κ3) is 2.96. The van der Waals surface area contributed by atoms with Crippen molar-refractivity contribution in [2.45, 2.75) is 6.42 Å². The van der Waals surface area contributed by atoms with Gasteiger partial charge in [0.25, 0.3) is 0 Å². The first-order chi connectivity index (χ1) is 6.22. The van der Waals surface area contributed by atoms with Crippen LogP contribution in [0, 0.1) is 17.8 Å². The molecule has 0 aromatic heterocycles. The van der Waals surface area contributed by atoms with Gasteiger partial charge in [-0.1, -0.05) is 12.1 Å². The summed E-state index contributed by atoms with van der Waals surface area (Å²) < 4.78 is 0. The summed E-state index contributed by atoms with van der Waals surface area (Å²) in [6.07, 6.45) is 1.90. The fourth-order valence-corrected chi connectivity index (χ4v) is 0.954. The summed E-state index contributed by atoms with van der Waals surface area (Å²) >= 11 is 0. The zero-order chi connectivity index (χ0) is 9.68. The van der Waals surface area contributed by atoms with Gasteiger partial charge in [0, 0.05) is 12.8 Å². The van der Waals surface area contributed by atoms with E-state index >= 15 is 0 Å². The number of nitriles is 1. The topological polar surface area (TPSA) is 66.9 Å². The van der Waals surface area contributed by atoms with Gasteiger partial charge in [-0.25, -0.2) is 0 Å². The lowest BCUT2D eigenvalue weighted by molar-refractivity contribution is -0.117. The molecule has 2 N–H and O–H groups in total. The Bertz CT molecular complexity index is 352. The minimum atomic E-state index is -0.373. The van der Waals surface area contributed by atoms with Gasteiger partial charge in [-0.3, -0.25) is 4.79 Å². The van der Waals surface area contributed by atoms with E-state index in [-0.39, 0.29) is 12.3 Å². The summed E-state index contributed by atoms with van der Waals surface area (Å²) in [5, 5.41) is 8.58. The first-order valence-corrected chi connectivity index (χ1v) is 3.84. The molecule has 0 saturated heterocycles. The number of hydrogen-bond donors (Lipinski definition) is 1. The maximum Gasteiger partial charge on any atom is 0.218 e. The van der Waals surface area contributed by atoms with Crippen molar-refractivity contribution < 1.29 is 4.79 Å². The second kappa shape index (κ2) is 4.27. The summed E-state index contributed by atoms with van der Waals surface area (Å²) in [6, 6.07) is 9.03. The molecule has 1 aromatic rings. The van der Waals surface area contributed by atoms with Crippen LogP contribution < -0.4 is 5.73 Å². The van der Waals surface area contributed by atoms with E-state index in [4.69, 9.17) is 11.0 Å². The van der Waals surface area contributed by atoms with Crippen LogP contribution in [-0.2, 0) is 4.79 Å². The number of carbonyl (C=O) groups excluding carboxylic acids is 1. The Morgan fingerprint density at radius 2 is 2.38 bits per heavy atom. The molecule has 0 bridgehead atoms. The summed E-state index contributed by atoms with van der Waals surface area (Å²) in [5.74, 6) is -0.373. The molecular weight excluding hydrogens is 164 g/mol. The Hall–Kier alpha value is -1.82. The lowest BCUT2D eigenvalue weighted by Crippen LogP contribution is -2.10. The first-order valence-electron chi connectivity index (χ1n) is 3.84. The van der Waals surface area contributed by atoms with Crippen LogP contribution in [0.3, 0.4) is 0 Å². The molecule has 0 atom stereocenters. The normalized spacial score (nSPS) is 9.15. The number of primary amides is 1. The van der Waals surface area contributed by atoms with E-state index < -0.39 is 0 Å². The SMILES string of the molecule is N#Cc1cccc([CH]CC(N)=O)c1. The molecular formula is C10H9N2O. The van der Waals surface area contributed by atoms with Crippen molar-refractivity contribution in [1.29, 1.82) is 5.26 Å². The van der Waals surface area contributed by atoms with Gasteiger partial charge in [0.15, 0.2) is 0 Å². The van der Waals surface area contributed by atoms with E-state index in [1.807, 2.05) is 12.1 Å². The largest absolute Gasteiger partial charge is 0.370 e. The lowest BCUT2D eigenvalue weighted by Gasteiger charge is -1.97. The van der Waals surface area contributed by atoms with E-state index in [2.05, 4.69) is 0 Å². The quantitative estimate of drug-likeness (QED) is 0.740. The number of benzene rings is 1. The summed E-state index contributed by atoms with van der Waals surface area (Å²) in [7, 11) is 0. The van der Waals surface area contributed by atoms with Gasteiger partial charge in [-0.05, 0) is 17.7 Å². The number of amides is 1. The standard InChI is InChI=1S/C10H9N2O/c11-7-9-3-1-2-8(6-9)4-5-10(12)13/h1-4,6H,5H2,(H2,12,13). The van der Waals surface area contributed by atoms with E-state index in [1.165, 1.54) is 0 Å². The molecule has 0 unspecified atom stereocenters.